The van der Waals surface area contributed by atoms with Gasteiger partial charge in [0, 0.05) is 18.2 Å². The van der Waals surface area contributed by atoms with Crippen molar-refractivity contribution in [3.63, 3.8) is 0 Å². The minimum atomic E-state index is -0.884. The highest BCUT2D eigenvalue weighted by Crippen LogP contribution is 2.33. The summed E-state index contributed by atoms with van der Waals surface area (Å²) in [4.78, 5) is 28.7. The van der Waals surface area contributed by atoms with Crippen LogP contribution in [0.5, 0.6) is 11.5 Å². The Morgan fingerprint density at radius 3 is 2.42 bits per heavy atom. The Morgan fingerprint density at radius 1 is 1.04 bits per heavy atom. The zero-order chi connectivity index (χ0) is 19.0. The fourth-order valence-corrected chi connectivity index (χ4v) is 2.99. The van der Waals surface area contributed by atoms with Crippen molar-refractivity contribution in [3.8, 4) is 11.5 Å². The van der Waals surface area contributed by atoms with Gasteiger partial charge in [-0.2, -0.15) is 0 Å². The first kappa shape index (κ1) is 19.7. The van der Waals surface area contributed by atoms with E-state index in [1.807, 2.05) is 6.08 Å². The molecule has 1 aliphatic rings. The van der Waals surface area contributed by atoms with Crippen LogP contribution >= 0.6 is 0 Å². The van der Waals surface area contributed by atoms with Gasteiger partial charge in [0.1, 0.15) is 5.54 Å². The molecule has 0 aliphatic carbocycles. The Kier molecular flexibility index (Phi) is 6.95. The highest BCUT2D eigenvalue weighted by atomic mass is 16.5. The van der Waals surface area contributed by atoms with Crippen LogP contribution < -0.4 is 9.47 Å². The molecule has 0 fully saturated rings. The molecule has 1 aromatic rings. The number of rotatable bonds is 10. The van der Waals surface area contributed by atoms with Gasteiger partial charge in [-0.1, -0.05) is 12.8 Å². The van der Waals surface area contributed by atoms with Crippen LogP contribution in [0, 0.1) is 0 Å². The topological polar surface area (TPSA) is 74.2 Å². The molecule has 0 radical (unpaired) electrons. The fourth-order valence-electron chi connectivity index (χ4n) is 2.99. The highest BCUT2D eigenvalue weighted by molar-refractivity contribution is 6.07. The molecule has 1 unspecified atom stereocenters. The largest absolute Gasteiger partial charge is 0.493 e. The monoisotopic (exact) mass is 359 g/mol. The van der Waals surface area contributed by atoms with Crippen molar-refractivity contribution in [2.24, 2.45) is 4.99 Å². The molecule has 0 saturated heterocycles. The van der Waals surface area contributed by atoms with Crippen molar-refractivity contribution in [2.45, 2.75) is 37.6 Å². The molecule has 0 aromatic heterocycles. The number of Topliss-reactive ketones (excluding diaryl/α,β-unsaturated/α-hetero) is 1. The van der Waals surface area contributed by atoms with E-state index in [0.29, 0.717) is 29.9 Å². The Hall–Kier alpha value is -2.63. The predicted octanol–water partition coefficient (Wildman–Crippen LogP) is 3.39. The Balaban J connectivity index is 2.06. The summed E-state index contributed by atoms with van der Waals surface area (Å²) in [6.07, 6.45) is 8.64. The summed E-state index contributed by atoms with van der Waals surface area (Å²) in [6, 6.07) is 5.13. The summed E-state index contributed by atoms with van der Waals surface area (Å²) in [5, 5.41) is 0. The predicted molar refractivity (Wildman–Crippen MR) is 99.3 cm³/mol. The molecule has 1 heterocycles. The lowest BCUT2D eigenvalue weighted by molar-refractivity contribution is -0.140. The van der Waals surface area contributed by atoms with Crippen molar-refractivity contribution in [1.29, 1.82) is 0 Å². The van der Waals surface area contributed by atoms with E-state index in [9.17, 15) is 9.59 Å². The molecule has 0 N–H and O–H groups in total. The van der Waals surface area contributed by atoms with Gasteiger partial charge in [-0.3, -0.25) is 14.6 Å². The molecule has 0 saturated carbocycles. The first-order valence-electron chi connectivity index (χ1n) is 8.63. The molecule has 0 amide bonds. The standard InChI is InChI=1S/C20H25NO5/c1-24-16-10-9-15(14-17(16)25-2)19(23)20(12-7-13-21-20)11-6-4-5-8-18(22)26-3/h7,9-10,12-14H,4-6,8,11H2,1-3H3. The van der Waals surface area contributed by atoms with Gasteiger partial charge >= 0.3 is 5.97 Å². The molecule has 26 heavy (non-hydrogen) atoms. The van der Waals surface area contributed by atoms with E-state index in [2.05, 4.69) is 9.73 Å². The van der Waals surface area contributed by atoms with Crippen LogP contribution in [0.1, 0.15) is 42.5 Å². The summed E-state index contributed by atoms with van der Waals surface area (Å²) in [5.41, 5.74) is -0.355. The number of aliphatic imine (C=N–C) groups is 1. The van der Waals surface area contributed by atoms with Crippen LogP contribution in [-0.2, 0) is 9.53 Å². The summed E-state index contributed by atoms with van der Waals surface area (Å²) in [7, 11) is 4.48. The van der Waals surface area contributed by atoms with Crippen LogP contribution in [0.15, 0.2) is 35.3 Å². The van der Waals surface area contributed by atoms with Gasteiger partial charge < -0.3 is 14.2 Å². The Morgan fingerprint density at radius 2 is 1.81 bits per heavy atom. The fraction of sp³-hybridized carbons (Fsp3) is 0.450. The minimum absolute atomic E-state index is 0.0728. The molecule has 6 heteroatoms. The number of nitrogens with zero attached hydrogens (tertiary/aromatic N) is 1. The minimum Gasteiger partial charge on any atom is -0.493 e. The molecule has 1 aromatic carbocycles. The second-order valence-electron chi connectivity index (χ2n) is 6.10. The third-order valence-electron chi connectivity index (χ3n) is 4.47. The zero-order valence-corrected chi connectivity index (χ0v) is 15.5. The van der Waals surface area contributed by atoms with Crippen molar-refractivity contribution >= 4 is 18.0 Å². The zero-order valence-electron chi connectivity index (χ0n) is 15.5. The average molecular weight is 359 g/mol. The highest BCUT2D eigenvalue weighted by Gasteiger charge is 2.37. The number of hydrogen-bond donors (Lipinski definition) is 0. The number of carbonyl (C=O) groups is 2. The van der Waals surface area contributed by atoms with Crippen molar-refractivity contribution < 1.29 is 23.8 Å². The average Bonchev–Trinajstić information content (AvgIpc) is 3.16. The molecule has 1 aliphatic heterocycles. The number of ketones is 1. The summed E-state index contributed by atoms with van der Waals surface area (Å²) >= 11 is 0. The first-order valence-corrected chi connectivity index (χ1v) is 8.63. The number of ether oxygens (including phenoxy) is 3. The van der Waals surface area contributed by atoms with Crippen molar-refractivity contribution in [3.05, 3.63) is 35.9 Å². The molecule has 6 nitrogen and oxygen atoms in total. The molecule has 0 bridgehead atoms. The normalized spacial score (nSPS) is 18.0. The van der Waals surface area contributed by atoms with Crippen molar-refractivity contribution in [2.75, 3.05) is 21.3 Å². The maximum absolute atomic E-state index is 13.1. The van der Waals surface area contributed by atoms with Crippen LogP contribution in [0.2, 0.25) is 0 Å². The number of allylic oxidation sites excluding steroid dienone is 1. The molecular weight excluding hydrogens is 334 g/mol. The molecule has 1 atom stereocenters. The second-order valence-corrected chi connectivity index (χ2v) is 6.10. The third-order valence-corrected chi connectivity index (χ3v) is 4.47. The summed E-state index contributed by atoms with van der Waals surface area (Å²) in [6.45, 7) is 0. The van der Waals surface area contributed by atoms with Crippen LogP contribution in [0.25, 0.3) is 0 Å². The lowest BCUT2D eigenvalue weighted by atomic mass is 9.85. The van der Waals surface area contributed by atoms with Gasteiger partial charge in [-0.25, -0.2) is 0 Å². The first-order chi connectivity index (χ1) is 12.6. The number of esters is 1. The van der Waals surface area contributed by atoms with Gasteiger partial charge in [-0.05, 0) is 43.2 Å². The van der Waals surface area contributed by atoms with E-state index in [1.54, 1.807) is 37.6 Å². The summed E-state index contributed by atoms with van der Waals surface area (Å²) in [5.74, 6) is 0.806. The lowest BCUT2D eigenvalue weighted by Crippen LogP contribution is -2.33. The van der Waals surface area contributed by atoms with Gasteiger partial charge in [0.15, 0.2) is 17.3 Å². The van der Waals surface area contributed by atoms with Crippen LogP contribution in [-0.4, -0.2) is 44.8 Å². The lowest BCUT2D eigenvalue weighted by Gasteiger charge is -2.23. The van der Waals surface area contributed by atoms with E-state index in [0.717, 1.165) is 19.3 Å². The van der Waals surface area contributed by atoms with E-state index < -0.39 is 5.54 Å². The number of benzene rings is 1. The third kappa shape index (κ3) is 4.50. The van der Waals surface area contributed by atoms with Gasteiger partial charge in [0.2, 0.25) is 0 Å². The number of methoxy groups -OCH3 is 3. The molecule has 0 spiro atoms. The Bertz CT molecular complexity index is 696. The van der Waals surface area contributed by atoms with E-state index >= 15 is 0 Å². The molecule has 140 valence electrons. The Labute approximate surface area is 153 Å². The van der Waals surface area contributed by atoms with E-state index in [4.69, 9.17) is 9.47 Å². The van der Waals surface area contributed by atoms with Gasteiger partial charge in [0.05, 0.1) is 21.3 Å². The van der Waals surface area contributed by atoms with Gasteiger partial charge in [-0.15, -0.1) is 0 Å². The van der Waals surface area contributed by atoms with E-state index in [1.165, 1.54) is 14.2 Å². The van der Waals surface area contributed by atoms with Crippen molar-refractivity contribution in [1.82, 2.24) is 0 Å². The van der Waals surface area contributed by atoms with Crippen LogP contribution in [0.4, 0.5) is 0 Å². The maximum Gasteiger partial charge on any atom is 0.305 e. The number of hydrogen-bond acceptors (Lipinski definition) is 6. The van der Waals surface area contributed by atoms with Gasteiger partial charge in [0.25, 0.3) is 0 Å². The quantitative estimate of drug-likeness (QED) is 0.364. The van der Waals surface area contributed by atoms with E-state index in [-0.39, 0.29) is 11.8 Å². The SMILES string of the molecule is COC(=O)CCCCCC1(C(=O)c2ccc(OC)c(OC)c2)C=CC=N1. The maximum atomic E-state index is 13.1. The number of unbranched alkanes of at least 4 members (excludes halogenated alkanes) is 2. The molecular formula is C20H25NO5. The molecule has 2 rings (SSSR count). The summed E-state index contributed by atoms with van der Waals surface area (Å²) < 4.78 is 15.2. The second kappa shape index (κ2) is 9.17. The number of carbonyl (C=O) groups excluding carboxylic acids is 2. The van der Waals surface area contributed by atoms with Crippen LogP contribution in [0.3, 0.4) is 0 Å². The smallest absolute Gasteiger partial charge is 0.305 e.